The van der Waals surface area contributed by atoms with Crippen molar-refractivity contribution in [1.29, 1.82) is 0 Å². The molecule has 0 aliphatic heterocycles. The van der Waals surface area contributed by atoms with E-state index in [-0.39, 0.29) is 17.0 Å². The fourth-order valence-corrected chi connectivity index (χ4v) is 17.1. The fourth-order valence-electron chi connectivity index (χ4n) is 15.8. The van der Waals surface area contributed by atoms with Crippen molar-refractivity contribution in [3.8, 4) is 11.5 Å². The molecule has 0 aliphatic rings. The molecule has 16 aromatic rings. The van der Waals surface area contributed by atoms with Gasteiger partial charge in [0, 0.05) is 27.7 Å². The summed E-state index contributed by atoms with van der Waals surface area (Å²) in [6, 6.07) is 101. The first-order valence-corrected chi connectivity index (χ1v) is 51.1. The number of ether oxygens (including phenoxy) is 1. The molecule has 0 aromatic heterocycles. The van der Waals surface area contributed by atoms with Crippen molar-refractivity contribution in [2.24, 2.45) is 0 Å². The maximum atomic E-state index is 14.0. The molecule has 5 nitrogen and oxygen atoms in total. The normalized spacial score (nSPS) is 11.0. The van der Waals surface area contributed by atoms with E-state index in [1.807, 2.05) is 175 Å². The summed E-state index contributed by atoms with van der Waals surface area (Å²) in [6.07, 6.45) is -10.1. The van der Waals surface area contributed by atoms with Crippen LogP contribution < -0.4 is 4.74 Å². The summed E-state index contributed by atoms with van der Waals surface area (Å²) in [6.45, 7) is 63.5. The number of sulfone groups is 1. The zero-order valence-corrected chi connectivity index (χ0v) is 92.3. The lowest BCUT2D eigenvalue weighted by atomic mass is 9.71. The number of hydrogen-bond donors (Lipinski definition) is 0. The van der Waals surface area contributed by atoms with E-state index < -0.39 is 38.7 Å². The molecular weight excluding hydrogens is 1840 g/mol. The largest absolute Gasteiger partial charge is 0.457 e. The van der Waals surface area contributed by atoms with Gasteiger partial charge < -0.3 is 4.74 Å². The minimum absolute atomic E-state index is 0.0525. The molecular formula is C134H148F6O5S. The molecule has 762 valence electrons. The van der Waals surface area contributed by atoms with Crippen LogP contribution >= 0.6 is 0 Å². The minimum Gasteiger partial charge on any atom is -0.457 e. The maximum absolute atomic E-state index is 14.0. The third kappa shape index (κ3) is 32.8. The Kier molecular flexibility index (Phi) is 42.1. The van der Waals surface area contributed by atoms with Crippen LogP contribution in [-0.4, -0.2) is 32.3 Å². The summed E-state index contributed by atoms with van der Waals surface area (Å²) < 4.78 is 114. The van der Waals surface area contributed by atoms with Crippen LogP contribution in [-0.2, 0) is 27.1 Å². The van der Waals surface area contributed by atoms with E-state index >= 15 is 0 Å². The molecule has 0 saturated heterocycles. The first-order chi connectivity index (χ1) is 68.4. The van der Waals surface area contributed by atoms with Crippen LogP contribution in [0.4, 0.5) is 26.3 Å². The summed E-state index contributed by atoms with van der Waals surface area (Å²) in [4.78, 5) is 25.1. The van der Waals surface area contributed by atoms with Crippen LogP contribution in [0.2, 0.25) is 0 Å². The molecule has 0 fully saturated rings. The van der Waals surface area contributed by atoms with Gasteiger partial charge in [0.1, 0.15) is 11.5 Å². The highest BCUT2D eigenvalue weighted by atomic mass is 32.2. The van der Waals surface area contributed by atoms with E-state index in [1.165, 1.54) is 165 Å². The van der Waals surface area contributed by atoms with E-state index in [0.717, 1.165) is 86.7 Å². The second-order valence-corrected chi connectivity index (χ2v) is 42.0. The van der Waals surface area contributed by atoms with Gasteiger partial charge in [-0.2, -0.15) is 26.3 Å². The molecule has 12 heteroatoms. The molecule has 0 aliphatic carbocycles. The Morgan fingerprint density at radius 2 is 0.418 bits per heavy atom. The Bertz CT molecular complexity index is 6820. The highest BCUT2D eigenvalue weighted by molar-refractivity contribution is 7.91. The quantitative estimate of drug-likeness (QED) is 0.0801. The Morgan fingerprint density at radius 1 is 0.212 bits per heavy atom. The van der Waals surface area contributed by atoms with Gasteiger partial charge in [0.15, 0.2) is 11.6 Å². The van der Waals surface area contributed by atoms with Gasteiger partial charge in [0.2, 0.25) is 15.3 Å². The number of rotatable bonds is 14. The Morgan fingerprint density at radius 3 is 0.678 bits per heavy atom. The molecule has 0 heterocycles. The zero-order chi connectivity index (χ0) is 108. The van der Waals surface area contributed by atoms with Crippen molar-refractivity contribution < 1.29 is 49.1 Å². The Hall–Kier alpha value is -13.8. The number of hydrogen-bond acceptors (Lipinski definition) is 5. The third-order valence-corrected chi connectivity index (χ3v) is 29.4. The van der Waals surface area contributed by atoms with E-state index in [0.29, 0.717) is 32.0 Å². The van der Waals surface area contributed by atoms with Gasteiger partial charge >= 0.3 is 12.4 Å². The molecule has 0 atom stereocenters. The lowest BCUT2D eigenvalue weighted by Crippen LogP contribution is -2.54. The van der Waals surface area contributed by atoms with Crippen LogP contribution in [0.1, 0.15) is 240 Å². The Balaban J connectivity index is 0.000000203. The van der Waals surface area contributed by atoms with Crippen molar-refractivity contribution >= 4 is 21.4 Å². The molecule has 0 N–H and O–H groups in total. The molecule has 0 radical (unpaired) electrons. The molecule has 146 heavy (non-hydrogen) atoms. The van der Waals surface area contributed by atoms with Crippen LogP contribution in [0, 0.1) is 201 Å². The summed E-state index contributed by atoms with van der Waals surface area (Å²) in [5.74, 6) is 1.94. The average molecular weight is 1980 g/mol. The first-order valence-electron chi connectivity index (χ1n) is 49.6. The monoisotopic (exact) mass is 1980 g/mol. The smallest absolute Gasteiger partial charge is 0.411 e. The van der Waals surface area contributed by atoms with Crippen molar-refractivity contribution in [3.05, 3.63) is 538 Å². The lowest BCUT2D eigenvalue weighted by Gasteiger charge is -2.38. The standard InChI is InChI=1S/C19H18F6.C19H24.C17H18O.C17H20.C15H14O.C14H14O2S.C14H14O.C10H14.C9H12/c1-11-5-7-15(9-13(11)3)17(18(20,21)22,19(23,24)25)16-8-6-12(2)14(4)10-16;1-13-7-9-17(11-15(13)3)19(5,6)18-10-8-14(2)16(4)12-18;1-11-5-7-15(9-13(11)3)17(18)16-8-6-12(2)14(4)10-16;1-12-5-7-16(9-14(12)3)11-17-8-6-13(2)15(4)10-17;1-11-3-7-13(8-4-11)15(16)14-9-5-12(2)6-10-14;1-11-3-7-13(8-4-11)17(15,16)14-9-5-12(2)6-10-14;1-11-3-7-13(8-4-11)15-14-9-5-12(2)6-10-14;1-7-5-9(3)10(4)6-8(7)2;1-7-4-5-8(2)9(3)6-7/h5-10H,1-4H3;7-12H,1-6H3;5-10H,1-4H3;5-10H,11H2,1-4H3;3-10H,1-2H3;3-10H,1-2H3;3-10H,1-2H3;5-6H,1-4H3;4-6H,1-3H3. The maximum Gasteiger partial charge on any atom is 0.411 e. The fraction of sp³-hybridized carbons (Fsp3) is 0.269. The number of carbonyl (C=O) groups excluding carboxylic acids is 2. The highest BCUT2D eigenvalue weighted by Crippen LogP contribution is 2.57. The van der Waals surface area contributed by atoms with Gasteiger partial charge in [-0.1, -0.05) is 314 Å². The van der Waals surface area contributed by atoms with E-state index in [4.69, 9.17) is 4.74 Å². The molecule has 0 amide bonds. The van der Waals surface area contributed by atoms with E-state index in [9.17, 15) is 44.3 Å². The molecule has 16 rings (SSSR count). The SMILES string of the molecule is Cc1cc(C)c(C)cc1C.Cc1ccc(C(=O)c2ccc(C)c(C)c2)cc1C.Cc1ccc(C(=O)c2ccc(C)cc2)cc1.Cc1ccc(C(C)(C)c2ccc(C)c(C)c2)cc1C.Cc1ccc(C(c2ccc(C)c(C)c2)(C(F)(F)F)C(F)(F)F)cc1C.Cc1ccc(C)c(C)c1.Cc1ccc(Cc2ccc(C)c(C)c2)cc1C.Cc1ccc(Oc2ccc(C)cc2)cc1.Cc1ccc(S(=O)(=O)c2ccc(C)cc2)cc1. The molecule has 0 saturated carbocycles. The minimum atomic E-state index is -5.55. The van der Waals surface area contributed by atoms with Crippen molar-refractivity contribution in [1.82, 2.24) is 0 Å². The second-order valence-electron chi connectivity index (χ2n) is 40.0. The third-order valence-electron chi connectivity index (χ3n) is 27.6. The number of benzene rings is 16. The number of carbonyl (C=O) groups is 2. The zero-order valence-electron chi connectivity index (χ0n) is 91.5. The van der Waals surface area contributed by atoms with Gasteiger partial charge in [-0.05, 0) is 424 Å². The molecule has 0 unspecified atom stereocenters. The number of alkyl halides is 6. The van der Waals surface area contributed by atoms with Gasteiger partial charge in [-0.25, -0.2) is 8.42 Å². The predicted octanol–water partition coefficient (Wildman–Crippen LogP) is 36.5. The van der Waals surface area contributed by atoms with Gasteiger partial charge in [-0.15, -0.1) is 0 Å². The summed E-state index contributed by atoms with van der Waals surface area (Å²) in [5.41, 5.74) is 37.2. The average Bonchev–Trinajstić information content (AvgIpc) is 0.711. The predicted molar refractivity (Wildman–Crippen MR) is 601 cm³/mol. The Labute approximate surface area is 868 Å². The van der Waals surface area contributed by atoms with Crippen LogP contribution in [0.3, 0.4) is 0 Å². The number of halogens is 6. The van der Waals surface area contributed by atoms with E-state index in [1.54, 1.807) is 62.4 Å². The second kappa shape index (κ2) is 52.3. The van der Waals surface area contributed by atoms with Crippen molar-refractivity contribution in [3.63, 3.8) is 0 Å². The highest BCUT2D eigenvalue weighted by Gasteiger charge is 2.72. The molecule has 0 bridgehead atoms. The topological polar surface area (TPSA) is 77.5 Å². The molecule has 0 spiro atoms. The van der Waals surface area contributed by atoms with Crippen molar-refractivity contribution in [2.45, 2.75) is 254 Å². The summed E-state index contributed by atoms with van der Waals surface area (Å²) in [5, 5.41) is 0. The first kappa shape index (κ1) is 117. The van der Waals surface area contributed by atoms with Crippen LogP contribution in [0.5, 0.6) is 11.5 Å². The lowest BCUT2D eigenvalue weighted by molar-refractivity contribution is -0.288. The molecule has 16 aromatic carbocycles. The van der Waals surface area contributed by atoms with Gasteiger partial charge in [-0.3, -0.25) is 9.59 Å². The van der Waals surface area contributed by atoms with Crippen LogP contribution in [0.15, 0.2) is 331 Å². The summed E-state index contributed by atoms with van der Waals surface area (Å²) in [7, 11) is -3.37. The summed E-state index contributed by atoms with van der Waals surface area (Å²) >= 11 is 0. The number of aryl methyl sites for hydroxylation is 29. The van der Waals surface area contributed by atoms with Crippen molar-refractivity contribution in [2.75, 3.05) is 0 Å². The van der Waals surface area contributed by atoms with Crippen LogP contribution in [0.25, 0.3) is 0 Å². The van der Waals surface area contributed by atoms with E-state index in [2.05, 4.69) is 249 Å². The van der Waals surface area contributed by atoms with Gasteiger partial charge in [0.05, 0.1) is 9.79 Å². The van der Waals surface area contributed by atoms with Gasteiger partial charge in [0.25, 0.3) is 0 Å². The number of ketones is 2.